The molecule has 1 radical (unpaired) electrons. The molecule has 0 aromatic heterocycles. The molecule has 2 N–H and O–H groups in total. The highest BCUT2D eigenvalue weighted by molar-refractivity contribution is 7.89. The van der Waals surface area contributed by atoms with Crippen LogP contribution >= 0.6 is 0 Å². The zero-order valence-electron chi connectivity index (χ0n) is 11.0. The molecule has 4 nitrogen and oxygen atoms in total. The van der Waals surface area contributed by atoms with Gasteiger partial charge in [-0.3, -0.25) is 5.73 Å². The van der Waals surface area contributed by atoms with Crippen molar-refractivity contribution in [1.29, 1.82) is 0 Å². The first-order valence-corrected chi connectivity index (χ1v) is 7.88. The predicted molar refractivity (Wildman–Crippen MR) is 78.6 cm³/mol. The van der Waals surface area contributed by atoms with Crippen molar-refractivity contribution >= 4 is 10.0 Å². The maximum Gasteiger partial charge on any atom is 0.240 e. The van der Waals surface area contributed by atoms with Crippen molar-refractivity contribution in [2.75, 3.05) is 6.54 Å². The third kappa shape index (κ3) is 3.66. The molecule has 0 unspecified atom stereocenters. The van der Waals surface area contributed by atoms with Gasteiger partial charge in [-0.15, -0.1) is 0 Å². The average molecular weight is 289 g/mol. The second-order valence-corrected chi connectivity index (χ2v) is 6.17. The number of sulfonamides is 1. The first kappa shape index (κ1) is 14.7. The largest absolute Gasteiger partial charge is 0.253 e. The lowest BCUT2D eigenvalue weighted by Gasteiger charge is -2.09. The van der Waals surface area contributed by atoms with Crippen LogP contribution in [0.15, 0.2) is 59.5 Å². The molecule has 2 rings (SSSR count). The summed E-state index contributed by atoms with van der Waals surface area (Å²) in [5.41, 5.74) is 9.39. The van der Waals surface area contributed by atoms with Gasteiger partial charge >= 0.3 is 0 Å². The molecule has 5 heteroatoms. The highest BCUT2D eigenvalue weighted by atomic mass is 32.2. The van der Waals surface area contributed by atoms with Crippen LogP contribution in [-0.2, 0) is 23.0 Å². The standard InChI is InChI=1S/C15H17N2O2S/c16-12-14-7-5-4-6-13(14)10-11-17-20(18,19)15-8-2-1-3-9-15/h1-9,16-17H,10-12H2. The molecule has 0 amide bonds. The van der Waals surface area contributed by atoms with Crippen LogP contribution in [-0.4, -0.2) is 15.0 Å². The maximum atomic E-state index is 12.0. The SMILES string of the molecule is [NH]Cc1ccccc1CCNS(=O)(=O)c1ccccc1. The van der Waals surface area contributed by atoms with Crippen LogP contribution in [0, 0.1) is 0 Å². The van der Waals surface area contributed by atoms with E-state index in [0.29, 0.717) is 13.0 Å². The summed E-state index contributed by atoms with van der Waals surface area (Å²) in [6.07, 6.45) is 0.584. The molecule has 0 fully saturated rings. The van der Waals surface area contributed by atoms with E-state index in [1.54, 1.807) is 30.3 Å². The summed E-state index contributed by atoms with van der Waals surface area (Å²) in [6, 6.07) is 15.9. The molecule has 20 heavy (non-hydrogen) atoms. The quantitative estimate of drug-likeness (QED) is 0.883. The molecular weight excluding hydrogens is 272 g/mol. The summed E-state index contributed by atoms with van der Waals surface area (Å²) >= 11 is 0. The Kier molecular flexibility index (Phi) is 4.89. The van der Waals surface area contributed by atoms with Gasteiger partial charge in [0.15, 0.2) is 0 Å². The predicted octanol–water partition coefficient (Wildman–Crippen LogP) is 1.99. The summed E-state index contributed by atoms with van der Waals surface area (Å²) in [6.45, 7) is 0.538. The van der Waals surface area contributed by atoms with E-state index < -0.39 is 10.0 Å². The number of hydrogen-bond acceptors (Lipinski definition) is 2. The third-order valence-electron chi connectivity index (χ3n) is 3.05. The van der Waals surface area contributed by atoms with E-state index in [0.717, 1.165) is 11.1 Å². The summed E-state index contributed by atoms with van der Waals surface area (Å²) in [4.78, 5) is 0.272. The average Bonchev–Trinajstić information content (AvgIpc) is 2.48. The summed E-state index contributed by atoms with van der Waals surface area (Å²) in [7, 11) is -3.45. The van der Waals surface area contributed by atoms with Crippen LogP contribution in [0.4, 0.5) is 0 Å². The van der Waals surface area contributed by atoms with Gasteiger partial charge in [-0.1, -0.05) is 42.5 Å². The lowest BCUT2D eigenvalue weighted by Crippen LogP contribution is -2.26. The normalized spacial score (nSPS) is 11.4. The van der Waals surface area contributed by atoms with Gasteiger partial charge in [-0.2, -0.15) is 0 Å². The van der Waals surface area contributed by atoms with Crippen LogP contribution in [0.1, 0.15) is 11.1 Å². The van der Waals surface area contributed by atoms with Crippen molar-refractivity contribution in [2.24, 2.45) is 0 Å². The van der Waals surface area contributed by atoms with Gasteiger partial charge in [0.1, 0.15) is 0 Å². The number of hydrogen-bond donors (Lipinski definition) is 1. The Bertz CT molecular complexity index is 655. The lowest BCUT2D eigenvalue weighted by molar-refractivity contribution is 0.581. The van der Waals surface area contributed by atoms with Crippen molar-refractivity contribution in [3.05, 3.63) is 65.7 Å². The second kappa shape index (κ2) is 6.65. The smallest absolute Gasteiger partial charge is 0.240 e. The van der Waals surface area contributed by atoms with E-state index in [1.807, 2.05) is 24.3 Å². The molecule has 0 bridgehead atoms. The van der Waals surface area contributed by atoms with Gasteiger partial charge < -0.3 is 0 Å². The fourth-order valence-corrected chi connectivity index (χ4v) is 3.03. The molecule has 2 aromatic rings. The van der Waals surface area contributed by atoms with Gasteiger partial charge in [0.05, 0.1) is 4.90 Å². The topological polar surface area (TPSA) is 70.0 Å². The van der Waals surface area contributed by atoms with Crippen LogP contribution in [0.5, 0.6) is 0 Å². The van der Waals surface area contributed by atoms with Crippen LogP contribution in [0.2, 0.25) is 0 Å². The van der Waals surface area contributed by atoms with Crippen molar-refractivity contribution < 1.29 is 8.42 Å². The zero-order valence-corrected chi connectivity index (χ0v) is 11.9. The molecule has 2 aromatic carbocycles. The minimum absolute atomic E-state index is 0.210. The van der Waals surface area contributed by atoms with E-state index in [9.17, 15) is 8.42 Å². The Labute approximate surface area is 119 Å². The molecule has 0 spiro atoms. The van der Waals surface area contributed by atoms with Crippen molar-refractivity contribution in [3.8, 4) is 0 Å². The van der Waals surface area contributed by atoms with Crippen LogP contribution in [0.25, 0.3) is 0 Å². The summed E-state index contributed by atoms with van der Waals surface area (Å²) < 4.78 is 26.6. The van der Waals surface area contributed by atoms with Gasteiger partial charge in [0.25, 0.3) is 0 Å². The second-order valence-electron chi connectivity index (χ2n) is 4.41. The third-order valence-corrected chi connectivity index (χ3v) is 4.53. The Hall–Kier alpha value is -1.69. The van der Waals surface area contributed by atoms with Crippen LogP contribution in [0.3, 0.4) is 0 Å². The van der Waals surface area contributed by atoms with E-state index in [-0.39, 0.29) is 11.4 Å². The lowest BCUT2D eigenvalue weighted by atomic mass is 10.1. The fraction of sp³-hybridized carbons (Fsp3) is 0.200. The van der Waals surface area contributed by atoms with E-state index in [1.165, 1.54) is 0 Å². The molecule has 0 saturated carbocycles. The molecule has 0 aliphatic carbocycles. The molecule has 0 saturated heterocycles. The molecule has 0 aliphatic rings. The van der Waals surface area contributed by atoms with Crippen molar-refractivity contribution in [3.63, 3.8) is 0 Å². The molecule has 0 heterocycles. The first-order chi connectivity index (χ1) is 9.63. The molecule has 105 valence electrons. The summed E-state index contributed by atoms with van der Waals surface area (Å²) in [5, 5.41) is 0. The Morgan fingerprint density at radius 2 is 1.50 bits per heavy atom. The van der Waals surface area contributed by atoms with Gasteiger partial charge in [0.2, 0.25) is 10.0 Å². The molecule has 0 aliphatic heterocycles. The number of nitrogens with one attached hydrogen (secondary N) is 2. The van der Waals surface area contributed by atoms with E-state index in [2.05, 4.69) is 4.72 Å². The Morgan fingerprint density at radius 1 is 0.900 bits per heavy atom. The van der Waals surface area contributed by atoms with Gasteiger partial charge in [0, 0.05) is 13.1 Å². The van der Waals surface area contributed by atoms with Gasteiger partial charge in [-0.25, -0.2) is 13.1 Å². The highest BCUT2D eigenvalue weighted by Crippen LogP contribution is 2.10. The minimum Gasteiger partial charge on any atom is -0.253 e. The first-order valence-electron chi connectivity index (χ1n) is 6.39. The molecular formula is C15H17N2O2S. The molecule has 0 atom stereocenters. The Balaban J connectivity index is 1.99. The number of benzene rings is 2. The maximum absolute atomic E-state index is 12.0. The summed E-state index contributed by atoms with van der Waals surface area (Å²) in [5.74, 6) is 0. The van der Waals surface area contributed by atoms with Crippen molar-refractivity contribution in [2.45, 2.75) is 17.9 Å². The van der Waals surface area contributed by atoms with Crippen molar-refractivity contribution in [1.82, 2.24) is 10.5 Å². The zero-order chi connectivity index (χ0) is 14.4. The Morgan fingerprint density at radius 3 is 2.15 bits per heavy atom. The fourth-order valence-electron chi connectivity index (χ4n) is 1.98. The minimum atomic E-state index is -3.45. The van der Waals surface area contributed by atoms with E-state index in [4.69, 9.17) is 5.73 Å². The van der Waals surface area contributed by atoms with Gasteiger partial charge in [-0.05, 0) is 29.7 Å². The van der Waals surface area contributed by atoms with Crippen LogP contribution < -0.4 is 10.5 Å². The monoisotopic (exact) mass is 289 g/mol. The highest BCUT2D eigenvalue weighted by Gasteiger charge is 2.12. The van der Waals surface area contributed by atoms with E-state index >= 15 is 0 Å². The number of rotatable bonds is 6.